The molecule has 0 spiro atoms. The number of rotatable bonds is 6. The number of nitrogens with zero attached hydrogens (tertiary/aromatic N) is 2. The Balaban J connectivity index is 1.81. The summed E-state index contributed by atoms with van der Waals surface area (Å²) in [6.07, 6.45) is 8.09. The van der Waals surface area contributed by atoms with E-state index in [1.54, 1.807) is 0 Å². The average molecular weight is 275 g/mol. The summed E-state index contributed by atoms with van der Waals surface area (Å²) in [5.74, 6) is 1.93. The first-order valence-electron chi connectivity index (χ1n) is 8.39. The topological polar surface area (TPSA) is 29.9 Å². The van der Waals surface area contributed by atoms with Crippen molar-refractivity contribution in [3.05, 3.63) is 17.5 Å². The fourth-order valence-electron chi connectivity index (χ4n) is 4.70. The molecule has 1 aromatic rings. The van der Waals surface area contributed by atoms with Crippen molar-refractivity contribution in [1.29, 1.82) is 0 Å². The van der Waals surface area contributed by atoms with Gasteiger partial charge < -0.3 is 5.32 Å². The molecular weight excluding hydrogens is 246 g/mol. The van der Waals surface area contributed by atoms with E-state index in [1.165, 1.54) is 50.0 Å². The van der Waals surface area contributed by atoms with Crippen LogP contribution in [0, 0.1) is 17.3 Å². The van der Waals surface area contributed by atoms with Gasteiger partial charge in [-0.1, -0.05) is 20.3 Å². The molecule has 20 heavy (non-hydrogen) atoms. The molecule has 1 heterocycles. The highest BCUT2D eigenvalue weighted by Gasteiger charge is 2.50. The van der Waals surface area contributed by atoms with Crippen LogP contribution >= 0.6 is 0 Å². The maximum absolute atomic E-state index is 4.64. The number of fused-ring (bicyclic) bond motifs is 2. The van der Waals surface area contributed by atoms with Crippen LogP contribution in [0.5, 0.6) is 0 Å². The van der Waals surface area contributed by atoms with Gasteiger partial charge in [-0.3, -0.25) is 4.68 Å². The Labute approximate surface area is 123 Å². The molecular formula is C17H29N3. The first-order chi connectivity index (χ1) is 9.66. The second kappa shape index (κ2) is 5.51. The molecule has 0 aliphatic heterocycles. The van der Waals surface area contributed by atoms with Gasteiger partial charge in [0.1, 0.15) is 0 Å². The van der Waals surface area contributed by atoms with Crippen molar-refractivity contribution < 1.29 is 0 Å². The standard InChI is InChI=1S/C17H29N3/c1-4-15-9-16(20(3)19-15)11-17(12-18-5-2)10-13-6-7-14(17)8-13/h9,13-14,18H,4-8,10-12H2,1-3H3. The zero-order valence-corrected chi connectivity index (χ0v) is 13.3. The first kappa shape index (κ1) is 14.1. The van der Waals surface area contributed by atoms with Gasteiger partial charge >= 0.3 is 0 Å². The maximum Gasteiger partial charge on any atom is 0.0624 e. The number of hydrogen-bond donors (Lipinski definition) is 1. The van der Waals surface area contributed by atoms with Crippen LogP contribution in [0.15, 0.2) is 6.07 Å². The summed E-state index contributed by atoms with van der Waals surface area (Å²) in [5, 5.41) is 8.29. The Bertz CT molecular complexity index is 465. The van der Waals surface area contributed by atoms with Gasteiger partial charge in [0.15, 0.2) is 0 Å². The van der Waals surface area contributed by atoms with E-state index in [0.29, 0.717) is 5.41 Å². The third-order valence-corrected chi connectivity index (χ3v) is 5.75. The molecule has 2 aliphatic rings. The average Bonchev–Trinajstić information content (AvgIpc) is 3.12. The normalized spacial score (nSPS) is 32.1. The lowest BCUT2D eigenvalue weighted by atomic mass is 9.70. The highest BCUT2D eigenvalue weighted by atomic mass is 15.3. The molecule has 3 atom stereocenters. The summed E-state index contributed by atoms with van der Waals surface area (Å²) >= 11 is 0. The van der Waals surface area contributed by atoms with Crippen molar-refractivity contribution in [2.24, 2.45) is 24.3 Å². The molecule has 1 aromatic heterocycles. The second-order valence-corrected chi connectivity index (χ2v) is 7.00. The molecule has 0 aromatic carbocycles. The predicted octanol–water partition coefficient (Wildman–Crippen LogP) is 2.94. The van der Waals surface area contributed by atoms with Crippen LogP contribution < -0.4 is 5.32 Å². The molecule has 1 N–H and O–H groups in total. The van der Waals surface area contributed by atoms with Crippen LogP contribution in [-0.4, -0.2) is 22.9 Å². The van der Waals surface area contributed by atoms with E-state index >= 15 is 0 Å². The highest BCUT2D eigenvalue weighted by Crippen LogP contribution is 2.57. The minimum absolute atomic E-state index is 0.498. The Kier molecular flexibility index (Phi) is 3.89. The largest absolute Gasteiger partial charge is 0.316 e. The van der Waals surface area contributed by atoms with Crippen molar-refractivity contribution in [3.63, 3.8) is 0 Å². The lowest BCUT2D eigenvalue weighted by Gasteiger charge is -2.38. The molecule has 2 aliphatic carbocycles. The van der Waals surface area contributed by atoms with Crippen molar-refractivity contribution in [3.8, 4) is 0 Å². The van der Waals surface area contributed by atoms with Crippen LogP contribution in [0.2, 0.25) is 0 Å². The molecule has 2 saturated carbocycles. The van der Waals surface area contributed by atoms with Gasteiger partial charge in [-0.15, -0.1) is 0 Å². The lowest BCUT2D eigenvalue weighted by molar-refractivity contribution is 0.154. The third-order valence-electron chi connectivity index (χ3n) is 5.75. The quantitative estimate of drug-likeness (QED) is 0.865. The fourth-order valence-corrected chi connectivity index (χ4v) is 4.70. The fraction of sp³-hybridized carbons (Fsp3) is 0.824. The second-order valence-electron chi connectivity index (χ2n) is 7.00. The molecule has 0 saturated heterocycles. The zero-order valence-electron chi connectivity index (χ0n) is 13.3. The Morgan fingerprint density at radius 1 is 1.40 bits per heavy atom. The maximum atomic E-state index is 4.64. The van der Waals surface area contributed by atoms with Crippen LogP contribution in [0.3, 0.4) is 0 Å². The zero-order chi connectivity index (χ0) is 14.2. The van der Waals surface area contributed by atoms with E-state index in [4.69, 9.17) is 0 Å². The van der Waals surface area contributed by atoms with E-state index < -0.39 is 0 Å². The van der Waals surface area contributed by atoms with Gasteiger partial charge in [-0.25, -0.2) is 0 Å². The van der Waals surface area contributed by atoms with Crippen molar-refractivity contribution >= 4 is 0 Å². The summed E-state index contributed by atoms with van der Waals surface area (Å²) in [6.45, 7) is 6.69. The molecule has 2 fully saturated rings. The van der Waals surface area contributed by atoms with Crippen LogP contribution in [0.1, 0.15) is 50.9 Å². The van der Waals surface area contributed by atoms with Gasteiger partial charge in [0, 0.05) is 19.3 Å². The van der Waals surface area contributed by atoms with Gasteiger partial charge in [-0.2, -0.15) is 5.10 Å². The van der Waals surface area contributed by atoms with E-state index in [9.17, 15) is 0 Å². The van der Waals surface area contributed by atoms with Crippen LogP contribution in [0.25, 0.3) is 0 Å². The SMILES string of the molecule is CCNCC1(Cc2cc(CC)nn2C)CC2CCC1C2. The van der Waals surface area contributed by atoms with Gasteiger partial charge in [0.05, 0.1) is 5.69 Å². The Hall–Kier alpha value is -0.830. The molecule has 2 bridgehead atoms. The van der Waals surface area contributed by atoms with E-state index in [0.717, 1.165) is 24.8 Å². The summed E-state index contributed by atoms with van der Waals surface area (Å²) < 4.78 is 2.12. The molecule has 0 amide bonds. The molecule has 3 nitrogen and oxygen atoms in total. The highest BCUT2D eigenvalue weighted by molar-refractivity contribution is 5.15. The van der Waals surface area contributed by atoms with E-state index in [-0.39, 0.29) is 0 Å². The number of nitrogens with one attached hydrogen (secondary N) is 1. The number of aryl methyl sites for hydroxylation is 2. The molecule has 3 heteroatoms. The van der Waals surface area contributed by atoms with E-state index in [1.807, 2.05) is 0 Å². The summed E-state index contributed by atoms with van der Waals surface area (Å²) in [5.41, 5.74) is 3.18. The van der Waals surface area contributed by atoms with Gasteiger partial charge in [-0.05, 0) is 62.0 Å². The van der Waals surface area contributed by atoms with Crippen LogP contribution in [-0.2, 0) is 19.9 Å². The predicted molar refractivity (Wildman–Crippen MR) is 82.7 cm³/mol. The minimum Gasteiger partial charge on any atom is -0.316 e. The lowest BCUT2D eigenvalue weighted by Crippen LogP contribution is -2.40. The smallest absolute Gasteiger partial charge is 0.0624 e. The number of aromatic nitrogens is 2. The van der Waals surface area contributed by atoms with E-state index in [2.05, 4.69) is 42.1 Å². The summed E-state index contributed by atoms with van der Waals surface area (Å²) in [7, 11) is 2.11. The molecule has 112 valence electrons. The Morgan fingerprint density at radius 3 is 2.80 bits per heavy atom. The minimum atomic E-state index is 0.498. The summed E-state index contributed by atoms with van der Waals surface area (Å²) in [6, 6.07) is 2.33. The van der Waals surface area contributed by atoms with Gasteiger partial charge in [0.25, 0.3) is 0 Å². The summed E-state index contributed by atoms with van der Waals surface area (Å²) in [4.78, 5) is 0. The van der Waals surface area contributed by atoms with Crippen molar-refractivity contribution in [2.45, 2.75) is 52.4 Å². The molecule has 0 radical (unpaired) electrons. The van der Waals surface area contributed by atoms with Crippen molar-refractivity contribution in [2.75, 3.05) is 13.1 Å². The molecule has 3 unspecified atom stereocenters. The number of hydrogen-bond acceptors (Lipinski definition) is 2. The monoisotopic (exact) mass is 275 g/mol. The third kappa shape index (κ3) is 2.41. The van der Waals surface area contributed by atoms with Gasteiger partial charge in [0.2, 0.25) is 0 Å². The first-order valence-corrected chi connectivity index (χ1v) is 8.39. The van der Waals surface area contributed by atoms with Crippen molar-refractivity contribution in [1.82, 2.24) is 15.1 Å². The molecule has 3 rings (SSSR count). The van der Waals surface area contributed by atoms with Crippen LogP contribution in [0.4, 0.5) is 0 Å². The Morgan fingerprint density at radius 2 is 2.25 bits per heavy atom.